The molecule has 62 valence electrons. The Labute approximate surface area is 71.9 Å². The average molecular weight is 183 g/mol. The van der Waals surface area contributed by atoms with E-state index >= 15 is 0 Å². The van der Waals surface area contributed by atoms with Crippen LogP contribution in [0, 0.1) is 0 Å². The zero-order chi connectivity index (χ0) is 8.97. The van der Waals surface area contributed by atoms with E-state index in [4.69, 9.17) is 10.6 Å². The molecule has 0 aliphatic heterocycles. The second-order valence-corrected chi connectivity index (χ2v) is 3.13. The van der Waals surface area contributed by atoms with Gasteiger partial charge in [0.1, 0.15) is 4.88 Å². The molecule has 0 bridgehead atoms. The number of rotatable bonds is 3. The number of azide groups is 1. The number of carboxylic acid groups (broad SMARTS) is 1. The zero-order valence-electron chi connectivity index (χ0n) is 5.97. The molecule has 1 aromatic heterocycles. The average Bonchev–Trinajstić information content (AvgIpc) is 2.48. The minimum absolute atomic E-state index is 0.217. The summed E-state index contributed by atoms with van der Waals surface area (Å²) < 4.78 is 0. The summed E-state index contributed by atoms with van der Waals surface area (Å²) in [5.41, 5.74) is 7.99. The van der Waals surface area contributed by atoms with E-state index in [1.165, 1.54) is 6.07 Å². The molecule has 0 saturated carbocycles. The Balaban J connectivity index is 2.77. The minimum atomic E-state index is -0.952. The second kappa shape index (κ2) is 3.75. The maximum absolute atomic E-state index is 10.4. The van der Waals surface area contributed by atoms with E-state index in [1.54, 1.807) is 6.07 Å². The van der Waals surface area contributed by atoms with Gasteiger partial charge in [-0.1, -0.05) is 5.11 Å². The Morgan fingerprint density at radius 2 is 2.50 bits per heavy atom. The molecule has 0 fully saturated rings. The van der Waals surface area contributed by atoms with Crippen LogP contribution in [0.2, 0.25) is 0 Å². The van der Waals surface area contributed by atoms with Crippen molar-refractivity contribution in [1.29, 1.82) is 0 Å². The summed E-state index contributed by atoms with van der Waals surface area (Å²) in [5.74, 6) is -0.952. The summed E-state index contributed by atoms with van der Waals surface area (Å²) in [4.78, 5) is 14.0. The monoisotopic (exact) mass is 183 g/mol. The predicted molar refractivity (Wildman–Crippen MR) is 44.1 cm³/mol. The Kier molecular flexibility index (Phi) is 2.68. The first-order valence-electron chi connectivity index (χ1n) is 3.07. The lowest BCUT2D eigenvalue weighted by Gasteiger charge is -1.84. The number of nitrogens with zero attached hydrogens (tertiary/aromatic N) is 3. The second-order valence-electron chi connectivity index (χ2n) is 1.96. The van der Waals surface area contributed by atoms with Crippen molar-refractivity contribution in [3.63, 3.8) is 0 Å². The molecule has 0 saturated heterocycles. The summed E-state index contributed by atoms with van der Waals surface area (Å²) >= 11 is 1.12. The largest absolute Gasteiger partial charge is 0.477 e. The normalized spacial score (nSPS) is 9.00. The van der Waals surface area contributed by atoms with Crippen molar-refractivity contribution in [2.24, 2.45) is 5.11 Å². The van der Waals surface area contributed by atoms with Crippen LogP contribution in [0.3, 0.4) is 0 Å². The first kappa shape index (κ1) is 8.58. The van der Waals surface area contributed by atoms with E-state index < -0.39 is 5.97 Å². The van der Waals surface area contributed by atoms with Gasteiger partial charge in [-0.15, -0.1) is 11.3 Å². The molecule has 1 N–H and O–H groups in total. The molecule has 0 atom stereocenters. The third kappa shape index (κ3) is 1.98. The van der Waals surface area contributed by atoms with Crippen LogP contribution in [0.5, 0.6) is 0 Å². The standard InChI is InChI=1S/C6H5N3O2S/c7-9-8-3-4-1-2-5(12-4)6(10)11/h1-2H,3H2,(H,10,11). The van der Waals surface area contributed by atoms with Gasteiger partial charge < -0.3 is 5.11 Å². The zero-order valence-corrected chi connectivity index (χ0v) is 6.78. The van der Waals surface area contributed by atoms with Crippen molar-refractivity contribution in [3.05, 3.63) is 32.3 Å². The van der Waals surface area contributed by atoms with Gasteiger partial charge in [-0.3, -0.25) is 0 Å². The summed E-state index contributed by atoms with van der Waals surface area (Å²) in [5, 5.41) is 11.8. The number of aromatic carboxylic acids is 1. The van der Waals surface area contributed by atoms with Gasteiger partial charge in [-0.05, 0) is 17.7 Å². The Morgan fingerprint density at radius 1 is 1.75 bits per heavy atom. The number of carbonyl (C=O) groups is 1. The summed E-state index contributed by atoms with van der Waals surface area (Å²) in [6.07, 6.45) is 0. The lowest BCUT2D eigenvalue weighted by atomic mass is 10.4. The van der Waals surface area contributed by atoms with Gasteiger partial charge in [0.25, 0.3) is 0 Å². The Hall–Kier alpha value is -1.52. The van der Waals surface area contributed by atoms with E-state index in [-0.39, 0.29) is 11.4 Å². The van der Waals surface area contributed by atoms with Crippen LogP contribution in [0.25, 0.3) is 10.4 Å². The molecule has 1 heterocycles. The van der Waals surface area contributed by atoms with Gasteiger partial charge in [0.2, 0.25) is 0 Å². The molecule has 0 aromatic carbocycles. The topological polar surface area (TPSA) is 86.1 Å². The van der Waals surface area contributed by atoms with Gasteiger partial charge in [-0.2, -0.15) is 0 Å². The Bertz CT molecular complexity index is 340. The van der Waals surface area contributed by atoms with Crippen LogP contribution in [0.15, 0.2) is 17.2 Å². The molecule has 0 spiro atoms. The van der Waals surface area contributed by atoms with Crippen LogP contribution in [-0.4, -0.2) is 11.1 Å². The van der Waals surface area contributed by atoms with Crippen LogP contribution < -0.4 is 0 Å². The predicted octanol–water partition coefficient (Wildman–Crippen LogP) is 2.26. The van der Waals surface area contributed by atoms with Gasteiger partial charge in [-0.25, -0.2) is 4.79 Å². The number of hydrogen-bond donors (Lipinski definition) is 1. The maximum atomic E-state index is 10.4. The molecule has 0 unspecified atom stereocenters. The molecule has 6 heteroatoms. The third-order valence-corrected chi connectivity index (χ3v) is 2.22. The van der Waals surface area contributed by atoms with E-state index in [2.05, 4.69) is 10.0 Å². The SMILES string of the molecule is [N-]=[N+]=NCc1ccc(C(=O)O)s1. The van der Waals surface area contributed by atoms with Crippen LogP contribution >= 0.6 is 11.3 Å². The molecule has 12 heavy (non-hydrogen) atoms. The quantitative estimate of drug-likeness (QED) is 0.442. The van der Waals surface area contributed by atoms with Crippen LogP contribution in [0.4, 0.5) is 0 Å². The van der Waals surface area contributed by atoms with Crippen molar-refractivity contribution in [2.75, 3.05) is 0 Å². The van der Waals surface area contributed by atoms with E-state index in [0.717, 1.165) is 16.2 Å². The minimum Gasteiger partial charge on any atom is -0.477 e. The summed E-state index contributed by atoms with van der Waals surface area (Å²) in [6.45, 7) is 0.217. The summed E-state index contributed by atoms with van der Waals surface area (Å²) in [6, 6.07) is 3.14. The highest BCUT2D eigenvalue weighted by molar-refractivity contribution is 7.13. The van der Waals surface area contributed by atoms with Gasteiger partial charge >= 0.3 is 5.97 Å². The molecule has 5 nitrogen and oxygen atoms in total. The van der Waals surface area contributed by atoms with Crippen molar-refractivity contribution in [1.82, 2.24) is 0 Å². The third-order valence-electron chi connectivity index (χ3n) is 1.16. The van der Waals surface area contributed by atoms with Crippen molar-refractivity contribution in [2.45, 2.75) is 6.54 Å². The summed E-state index contributed by atoms with van der Waals surface area (Å²) in [7, 11) is 0. The highest BCUT2D eigenvalue weighted by Crippen LogP contribution is 2.16. The van der Waals surface area contributed by atoms with Crippen molar-refractivity contribution >= 4 is 17.3 Å². The van der Waals surface area contributed by atoms with Gasteiger partial charge in [0, 0.05) is 9.79 Å². The lowest BCUT2D eigenvalue weighted by Crippen LogP contribution is -1.89. The molecule has 1 rings (SSSR count). The molecule has 0 aliphatic carbocycles. The molecule has 0 radical (unpaired) electrons. The highest BCUT2D eigenvalue weighted by Gasteiger charge is 2.05. The molecule has 1 aromatic rings. The number of thiophene rings is 1. The van der Waals surface area contributed by atoms with Crippen molar-refractivity contribution < 1.29 is 9.90 Å². The fourth-order valence-corrected chi connectivity index (χ4v) is 1.44. The molecule has 0 amide bonds. The Morgan fingerprint density at radius 3 is 3.00 bits per heavy atom. The number of carboxylic acids is 1. The van der Waals surface area contributed by atoms with Gasteiger partial charge in [0.05, 0.1) is 6.54 Å². The van der Waals surface area contributed by atoms with Gasteiger partial charge in [0.15, 0.2) is 0 Å². The molecular weight excluding hydrogens is 178 g/mol. The maximum Gasteiger partial charge on any atom is 0.345 e. The first-order chi connectivity index (χ1) is 5.74. The smallest absolute Gasteiger partial charge is 0.345 e. The van der Waals surface area contributed by atoms with Crippen molar-refractivity contribution in [3.8, 4) is 0 Å². The fourth-order valence-electron chi connectivity index (χ4n) is 0.679. The number of hydrogen-bond acceptors (Lipinski definition) is 3. The lowest BCUT2D eigenvalue weighted by molar-refractivity contribution is 0.0702. The van der Waals surface area contributed by atoms with E-state index in [0.29, 0.717) is 0 Å². The van der Waals surface area contributed by atoms with E-state index in [9.17, 15) is 4.79 Å². The first-order valence-corrected chi connectivity index (χ1v) is 3.88. The molecule has 0 aliphatic rings. The van der Waals surface area contributed by atoms with E-state index in [1.807, 2.05) is 0 Å². The fraction of sp³-hybridized carbons (Fsp3) is 0.167. The van der Waals surface area contributed by atoms with Crippen LogP contribution in [0.1, 0.15) is 14.5 Å². The van der Waals surface area contributed by atoms with Crippen LogP contribution in [-0.2, 0) is 6.54 Å². The molecular formula is C6H5N3O2S. The highest BCUT2D eigenvalue weighted by atomic mass is 32.1.